The molecule has 0 atom stereocenters. The normalized spacial score (nSPS) is 10.5. The van der Waals surface area contributed by atoms with Crippen LogP contribution in [0.4, 0.5) is 5.69 Å². The number of rotatable bonds is 7. The number of carbonyl (C=O) groups excluding carboxylic acids is 2. The molecule has 0 fully saturated rings. The molecule has 0 aromatic heterocycles. The largest absolute Gasteiger partial charge is 0.353 e. The first-order chi connectivity index (χ1) is 9.61. The van der Waals surface area contributed by atoms with E-state index in [4.69, 9.17) is 0 Å². The first-order valence-corrected chi connectivity index (χ1v) is 6.95. The van der Waals surface area contributed by atoms with Gasteiger partial charge < -0.3 is 10.6 Å². The molecule has 0 heterocycles. The highest BCUT2D eigenvalue weighted by Gasteiger charge is 1.96. The molecule has 0 aliphatic rings. The summed E-state index contributed by atoms with van der Waals surface area (Å²) in [5.74, 6) is -0.174. The Morgan fingerprint density at radius 3 is 2.45 bits per heavy atom. The minimum absolute atomic E-state index is 0.0768. The lowest BCUT2D eigenvalue weighted by Gasteiger charge is -2.02. The van der Waals surface area contributed by atoms with E-state index in [2.05, 4.69) is 17.6 Å². The van der Waals surface area contributed by atoms with E-state index in [-0.39, 0.29) is 11.8 Å². The molecular formula is C16H22N2O2. The first kappa shape index (κ1) is 16.0. The van der Waals surface area contributed by atoms with Crippen LogP contribution in [0, 0.1) is 0 Å². The van der Waals surface area contributed by atoms with Crippen molar-refractivity contribution in [2.75, 3.05) is 11.9 Å². The lowest BCUT2D eigenvalue weighted by atomic mass is 10.2. The van der Waals surface area contributed by atoms with Crippen LogP contribution in [0.1, 0.15) is 38.7 Å². The van der Waals surface area contributed by atoms with Gasteiger partial charge in [-0.05, 0) is 30.2 Å². The van der Waals surface area contributed by atoms with Crippen LogP contribution in [-0.2, 0) is 9.59 Å². The van der Waals surface area contributed by atoms with Gasteiger partial charge in [0.15, 0.2) is 0 Å². The molecule has 1 aromatic carbocycles. The molecule has 1 rings (SSSR count). The smallest absolute Gasteiger partial charge is 0.243 e. The van der Waals surface area contributed by atoms with E-state index in [1.165, 1.54) is 13.0 Å². The summed E-state index contributed by atoms with van der Waals surface area (Å²) in [6.07, 6.45) is 6.58. The van der Waals surface area contributed by atoms with Crippen LogP contribution in [0.5, 0.6) is 0 Å². The summed E-state index contributed by atoms with van der Waals surface area (Å²) in [4.78, 5) is 22.4. The Hall–Kier alpha value is -2.10. The van der Waals surface area contributed by atoms with E-state index in [1.807, 2.05) is 12.1 Å². The second-order valence-corrected chi connectivity index (χ2v) is 4.63. The maximum atomic E-state index is 11.5. The highest BCUT2D eigenvalue weighted by atomic mass is 16.2. The van der Waals surface area contributed by atoms with Crippen LogP contribution in [-0.4, -0.2) is 18.4 Å². The Bertz CT molecular complexity index is 464. The van der Waals surface area contributed by atoms with Gasteiger partial charge in [-0.3, -0.25) is 9.59 Å². The molecule has 4 heteroatoms. The average Bonchev–Trinajstić information content (AvgIpc) is 2.42. The van der Waals surface area contributed by atoms with E-state index in [0.29, 0.717) is 0 Å². The van der Waals surface area contributed by atoms with Gasteiger partial charge in [0, 0.05) is 25.2 Å². The molecule has 0 aliphatic heterocycles. The highest BCUT2D eigenvalue weighted by molar-refractivity contribution is 5.92. The summed E-state index contributed by atoms with van der Waals surface area (Å²) in [6.45, 7) is 4.32. The Morgan fingerprint density at radius 1 is 1.15 bits per heavy atom. The predicted octanol–water partition coefficient (Wildman–Crippen LogP) is 2.96. The lowest BCUT2D eigenvalue weighted by molar-refractivity contribution is -0.116. The number of unbranched alkanes of at least 4 members (excludes halogenated alkanes) is 2. The van der Waals surface area contributed by atoms with Crippen LogP contribution in [0.25, 0.3) is 6.08 Å². The zero-order valence-electron chi connectivity index (χ0n) is 12.1. The Kier molecular flexibility index (Phi) is 7.11. The van der Waals surface area contributed by atoms with Crippen molar-refractivity contribution in [2.45, 2.75) is 33.1 Å². The SMILES string of the molecule is CCCCCNC(=O)/C=C/c1ccc(NC(C)=O)cc1. The molecule has 2 amide bonds. The van der Waals surface area contributed by atoms with Crippen LogP contribution < -0.4 is 10.6 Å². The van der Waals surface area contributed by atoms with Crippen molar-refractivity contribution in [3.8, 4) is 0 Å². The standard InChI is InChI=1S/C16H22N2O2/c1-3-4-5-12-17-16(20)11-8-14-6-9-15(10-7-14)18-13(2)19/h6-11H,3-5,12H2,1-2H3,(H,17,20)(H,18,19)/b11-8+. The van der Waals surface area contributed by atoms with Gasteiger partial charge in [0.2, 0.25) is 11.8 Å². The van der Waals surface area contributed by atoms with Crippen molar-refractivity contribution in [3.05, 3.63) is 35.9 Å². The molecule has 2 N–H and O–H groups in total. The molecule has 0 saturated heterocycles. The van der Waals surface area contributed by atoms with Crippen molar-refractivity contribution in [1.29, 1.82) is 0 Å². The Balaban J connectivity index is 2.41. The zero-order valence-corrected chi connectivity index (χ0v) is 12.1. The molecule has 1 aromatic rings. The fourth-order valence-corrected chi connectivity index (χ4v) is 1.70. The molecule has 20 heavy (non-hydrogen) atoms. The van der Waals surface area contributed by atoms with Crippen molar-refractivity contribution >= 4 is 23.6 Å². The van der Waals surface area contributed by atoms with E-state index in [1.54, 1.807) is 18.2 Å². The van der Waals surface area contributed by atoms with Crippen molar-refractivity contribution in [3.63, 3.8) is 0 Å². The number of benzene rings is 1. The van der Waals surface area contributed by atoms with Gasteiger partial charge in [0.1, 0.15) is 0 Å². The summed E-state index contributed by atoms with van der Waals surface area (Å²) >= 11 is 0. The van der Waals surface area contributed by atoms with Crippen LogP contribution in [0.2, 0.25) is 0 Å². The van der Waals surface area contributed by atoms with Crippen molar-refractivity contribution in [1.82, 2.24) is 5.32 Å². The van der Waals surface area contributed by atoms with E-state index >= 15 is 0 Å². The van der Waals surface area contributed by atoms with Gasteiger partial charge >= 0.3 is 0 Å². The summed E-state index contributed by atoms with van der Waals surface area (Å²) < 4.78 is 0. The van der Waals surface area contributed by atoms with E-state index in [9.17, 15) is 9.59 Å². The van der Waals surface area contributed by atoms with Gasteiger partial charge in [-0.15, -0.1) is 0 Å². The molecule has 0 aliphatic carbocycles. The maximum absolute atomic E-state index is 11.5. The molecule has 0 radical (unpaired) electrons. The van der Waals surface area contributed by atoms with Gasteiger partial charge in [-0.2, -0.15) is 0 Å². The summed E-state index contributed by atoms with van der Waals surface area (Å²) in [7, 11) is 0. The van der Waals surface area contributed by atoms with Crippen LogP contribution in [0.3, 0.4) is 0 Å². The molecule has 0 bridgehead atoms. The monoisotopic (exact) mass is 274 g/mol. The number of hydrogen-bond donors (Lipinski definition) is 2. The van der Waals surface area contributed by atoms with Gasteiger partial charge in [0.05, 0.1) is 0 Å². The molecule has 0 saturated carbocycles. The third kappa shape index (κ3) is 6.73. The molecule has 4 nitrogen and oxygen atoms in total. The van der Waals surface area contributed by atoms with Crippen LogP contribution in [0.15, 0.2) is 30.3 Å². The number of nitrogens with one attached hydrogen (secondary N) is 2. The third-order valence-electron chi connectivity index (χ3n) is 2.74. The fourth-order valence-electron chi connectivity index (χ4n) is 1.70. The first-order valence-electron chi connectivity index (χ1n) is 6.95. The molecular weight excluding hydrogens is 252 g/mol. The van der Waals surface area contributed by atoms with Gasteiger partial charge in [-0.25, -0.2) is 0 Å². The number of anilines is 1. The highest BCUT2D eigenvalue weighted by Crippen LogP contribution is 2.10. The second-order valence-electron chi connectivity index (χ2n) is 4.63. The van der Waals surface area contributed by atoms with Gasteiger partial charge in [-0.1, -0.05) is 31.9 Å². The Morgan fingerprint density at radius 2 is 1.85 bits per heavy atom. The summed E-state index contributed by atoms with van der Waals surface area (Å²) in [6, 6.07) is 7.32. The summed E-state index contributed by atoms with van der Waals surface area (Å²) in [5, 5.41) is 5.54. The molecule has 0 unspecified atom stereocenters. The van der Waals surface area contributed by atoms with Crippen LogP contribution >= 0.6 is 0 Å². The average molecular weight is 274 g/mol. The quantitative estimate of drug-likeness (QED) is 0.593. The molecule has 108 valence electrons. The maximum Gasteiger partial charge on any atom is 0.243 e. The number of hydrogen-bond acceptors (Lipinski definition) is 2. The predicted molar refractivity (Wildman–Crippen MR) is 82.3 cm³/mol. The number of amides is 2. The van der Waals surface area contributed by atoms with Crippen molar-refractivity contribution < 1.29 is 9.59 Å². The third-order valence-corrected chi connectivity index (χ3v) is 2.74. The minimum atomic E-state index is -0.0975. The topological polar surface area (TPSA) is 58.2 Å². The Labute approximate surface area is 120 Å². The summed E-state index contributed by atoms with van der Waals surface area (Å²) in [5.41, 5.74) is 1.67. The zero-order chi connectivity index (χ0) is 14.8. The lowest BCUT2D eigenvalue weighted by Crippen LogP contribution is -2.21. The second kappa shape index (κ2) is 8.91. The van der Waals surface area contributed by atoms with E-state index in [0.717, 1.165) is 37.1 Å². The number of carbonyl (C=O) groups is 2. The molecule has 0 spiro atoms. The fraction of sp³-hybridized carbons (Fsp3) is 0.375. The minimum Gasteiger partial charge on any atom is -0.353 e. The van der Waals surface area contributed by atoms with E-state index < -0.39 is 0 Å². The van der Waals surface area contributed by atoms with Crippen molar-refractivity contribution in [2.24, 2.45) is 0 Å². The van der Waals surface area contributed by atoms with Gasteiger partial charge in [0.25, 0.3) is 0 Å².